The van der Waals surface area contributed by atoms with Crippen LogP contribution >= 0.6 is 0 Å². The van der Waals surface area contributed by atoms with Crippen LogP contribution in [0.2, 0.25) is 0 Å². The number of aromatic nitrogens is 1. The maximum Gasteiger partial charge on any atom is 0.259 e. The summed E-state index contributed by atoms with van der Waals surface area (Å²) in [6, 6.07) is 20.1. The van der Waals surface area contributed by atoms with Crippen LogP contribution in [-0.2, 0) is 0 Å². The summed E-state index contributed by atoms with van der Waals surface area (Å²) in [5, 5.41) is 18.8. The van der Waals surface area contributed by atoms with Crippen LogP contribution < -0.4 is 19.3 Å². The Labute approximate surface area is 216 Å². The third-order valence-electron chi connectivity index (χ3n) is 6.75. The van der Waals surface area contributed by atoms with Gasteiger partial charge in [-0.2, -0.15) is 5.26 Å². The van der Waals surface area contributed by atoms with E-state index in [0.29, 0.717) is 35.0 Å². The Hall–Kier alpha value is -4.13. The topological polar surface area (TPSA) is 102 Å². The molecule has 3 aromatic rings. The van der Waals surface area contributed by atoms with Crippen molar-refractivity contribution in [3.8, 4) is 17.6 Å². The highest BCUT2D eigenvalue weighted by atomic mass is 16.7. The Bertz CT molecular complexity index is 1270. The van der Waals surface area contributed by atoms with Crippen molar-refractivity contribution in [1.29, 1.82) is 5.26 Å². The molecule has 1 fully saturated rings. The molecule has 0 bridgehead atoms. The molecular formula is C28H29N5O4. The number of carbonyl (C=O) groups is 1. The number of hydrogen-bond donors (Lipinski definition) is 1. The summed E-state index contributed by atoms with van der Waals surface area (Å²) >= 11 is 0. The van der Waals surface area contributed by atoms with Crippen LogP contribution in [0.1, 0.15) is 22.8 Å². The Morgan fingerprint density at radius 2 is 1.92 bits per heavy atom. The first-order valence-corrected chi connectivity index (χ1v) is 12.4. The van der Waals surface area contributed by atoms with E-state index in [4.69, 9.17) is 14.7 Å². The van der Waals surface area contributed by atoms with Gasteiger partial charge in [-0.05, 0) is 55.5 Å². The van der Waals surface area contributed by atoms with Crippen LogP contribution in [0.3, 0.4) is 0 Å². The number of aliphatic hydroxyl groups excluding tert-OH is 1. The van der Waals surface area contributed by atoms with Gasteiger partial charge in [-0.3, -0.25) is 14.6 Å². The van der Waals surface area contributed by atoms with Crippen molar-refractivity contribution in [1.82, 2.24) is 9.88 Å². The highest BCUT2D eigenvalue weighted by molar-refractivity contribution is 6.05. The molecule has 0 radical (unpaired) electrons. The molecule has 9 heteroatoms. The van der Waals surface area contributed by atoms with Crippen LogP contribution in [0.25, 0.3) is 0 Å². The molecule has 0 spiro atoms. The SMILES string of the molecule is C[C@H](CN(C(=O)c1ccc(C#N)cc1)c1ccccn1)N1CCN(c2cccc3c2OCC(O)O3)CC1. The summed E-state index contributed by atoms with van der Waals surface area (Å²) < 4.78 is 11.3. The van der Waals surface area contributed by atoms with Gasteiger partial charge in [-0.15, -0.1) is 0 Å². The molecule has 2 aliphatic heterocycles. The number of benzene rings is 2. The number of piperazine rings is 1. The standard InChI is InChI=1S/C28H29N5O4/c1-20(18-33(25-7-2-3-12-30-25)28(35)22-10-8-21(17-29)9-11-22)31-13-15-32(16-14-31)23-5-4-6-24-27(23)36-19-26(34)37-24/h2-12,20,26,34H,13-16,18-19H2,1H3/t20-,26?/m1/s1. The molecule has 2 atom stereocenters. The Kier molecular flexibility index (Phi) is 7.21. The molecule has 1 aromatic heterocycles. The van der Waals surface area contributed by atoms with E-state index < -0.39 is 6.29 Å². The van der Waals surface area contributed by atoms with E-state index in [9.17, 15) is 9.90 Å². The lowest BCUT2D eigenvalue weighted by atomic mass is 10.1. The molecule has 1 amide bonds. The second-order valence-corrected chi connectivity index (χ2v) is 9.15. The maximum atomic E-state index is 13.5. The monoisotopic (exact) mass is 499 g/mol. The average molecular weight is 500 g/mol. The Morgan fingerprint density at radius 1 is 1.14 bits per heavy atom. The summed E-state index contributed by atoms with van der Waals surface area (Å²) in [6.07, 6.45) is 0.734. The number of carbonyl (C=O) groups excluding carboxylic acids is 1. The van der Waals surface area contributed by atoms with Crippen molar-refractivity contribution < 1.29 is 19.4 Å². The Balaban J connectivity index is 1.27. The molecule has 1 N–H and O–H groups in total. The van der Waals surface area contributed by atoms with E-state index in [-0.39, 0.29) is 18.6 Å². The largest absolute Gasteiger partial charge is 0.481 e. The maximum absolute atomic E-state index is 13.5. The fourth-order valence-electron chi connectivity index (χ4n) is 4.75. The van der Waals surface area contributed by atoms with Gasteiger partial charge < -0.3 is 19.5 Å². The van der Waals surface area contributed by atoms with Crippen molar-refractivity contribution in [3.63, 3.8) is 0 Å². The molecule has 37 heavy (non-hydrogen) atoms. The number of para-hydroxylation sites is 1. The van der Waals surface area contributed by atoms with Crippen LogP contribution in [0.15, 0.2) is 66.9 Å². The lowest BCUT2D eigenvalue weighted by Crippen LogP contribution is -2.53. The number of aliphatic hydroxyl groups is 1. The minimum atomic E-state index is -0.950. The van der Waals surface area contributed by atoms with Gasteiger partial charge >= 0.3 is 0 Å². The molecular weight excluding hydrogens is 470 g/mol. The normalized spacial score (nSPS) is 18.1. The first-order chi connectivity index (χ1) is 18.0. The zero-order chi connectivity index (χ0) is 25.8. The average Bonchev–Trinajstić information content (AvgIpc) is 2.95. The number of amides is 1. The molecule has 5 rings (SSSR count). The zero-order valence-electron chi connectivity index (χ0n) is 20.7. The molecule has 0 aliphatic carbocycles. The van der Waals surface area contributed by atoms with Gasteiger partial charge in [0.1, 0.15) is 5.82 Å². The van der Waals surface area contributed by atoms with Crippen LogP contribution in [0.5, 0.6) is 11.5 Å². The smallest absolute Gasteiger partial charge is 0.259 e. The number of ether oxygens (including phenoxy) is 2. The molecule has 190 valence electrons. The minimum absolute atomic E-state index is 0.0888. The fraction of sp³-hybridized carbons (Fsp3) is 0.321. The molecule has 0 saturated carbocycles. The number of nitriles is 1. The summed E-state index contributed by atoms with van der Waals surface area (Å²) in [6.45, 7) is 5.92. The van der Waals surface area contributed by atoms with Crippen molar-refractivity contribution in [2.45, 2.75) is 19.3 Å². The van der Waals surface area contributed by atoms with E-state index in [2.05, 4.69) is 27.8 Å². The van der Waals surface area contributed by atoms with Gasteiger partial charge in [-0.25, -0.2) is 4.98 Å². The van der Waals surface area contributed by atoms with Gasteiger partial charge in [0.15, 0.2) is 18.1 Å². The van der Waals surface area contributed by atoms with Gasteiger partial charge in [0, 0.05) is 50.5 Å². The van der Waals surface area contributed by atoms with Crippen molar-refractivity contribution in [3.05, 3.63) is 78.0 Å². The van der Waals surface area contributed by atoms with Crippen molar-refractivity contribution >= 4 is 17.4 Å². The minimum Gasteiger partial charge on any atom is -0.481 e. The second kappa shape index (κ2) is 10.9. The first-order valence-electron chi connectivity index (χ1n) is 12.4. The third-order valence-corrected chi connectivity index (χ3v) is 6.75. The van der Waals surface area contributed by atoms with Crippen molar-refractivity contribution in [2.24, 2.45) is 0 Å². The number of anilines is 2. The van der Waals surface area contributed by atoms with Crippen LogP contribution in [0, 0.1) is 11.3 Å². The third kappa shape index (κ3) is 5.35. The summed E-state index contributed by atoms with van der Waals surface area (Å²) in [5.74, 6) is 1.67. The molecule has 2 aromatic carbocycles. The lowest BCUT2D eigenvalue weighted by Gasteiger charge is -2.41. The van der Waals surface area contributed by atoms with E-state index in [1.165, 1.54) is 0 Å². The van der Waals surface area contributed by atoms with Gasteiger partial charge in [0.2, 0.25) is 6.29 Å². The number of fused-ring (bicyclic) bond motifs is 1. The number of pyridine rings is 1. The first kappa shape index (κ1) is 24.6. The summed E-state index contributed by atoms with van der Waals surface area (Å²) in [7, 11) is 0. The predicted molar refractivity (Wildman–Crippen MR) is 139 cm³/mol. The van der Waals surface area contributed by atoms with E-state index in [1.54, 1.807) is 41.4 Å². The second-order valence-electron chi connectivity index (χ2n) is 9.15. The van der Waals surface area contributed by atoms with Gasteiger partial charge in [0.25, 0.3) is 5.91 Å². The number of rotatable bonds is 6. The molecule has 3 heterocycles. The van der Waals surface area contributed by atoms with E-state index in [0.717, 1.165) is 31.9 Å². The Morgan fingerprint density at radius 3 is 2.62 bits per heavy atom. The predicted octanol–water partition coefficient (Wildman–Crippen LogP) is 2.90. The van der Waals surface area contributed by atoms with Crippen LogP contribution in [-0.4, -0.2) is 72.6 Å². The molecule has 9 nitrogen and oxygen atoms in total. The molecule has 1 unspecified atom stereocenters. The van der Waals surface area contributed by atoms with E-state index >= 15 is 0 Å². The zero-order valence-corrected chi connectivity index (χ0v) is 20.7. The lowest BCUT2D eigenvalue weighted by molar-refractivity contribution is -0.0667. The van der Waals surface area contributed by atoms with E-state index in [1.807, 2.05) is 30.3 Å². The van der Waals surface area contributed by atoms with Gasteiger partial charge in [0.05, 0.1) is 17.3 Å². The number of nitrogens with zero attached hydrogens (tertiary/aromatic N) is 5. The summed E-state index contributed by atoms with van der Waals surface area (Å²) in [5.41, 5.74) is 1.99. The number of hydrogen-bond acceptors (Lipinski definition) is 8. The van der Waals surface area contributed by atoms with Gasteiger partial charge in [-0.1, -0.05) is 12.1 Å². The molecule has 1 saturated heterocycles. The molecule has 2 aliphatic rings. The highest BCUT2D eigenvalue weighted by Gasteiger charge is 2.29. The quantitative estimate of drug-likeness (QED) is 0.553. The highest BCUT2D eigenvalue weighted by Crippen LogP contribution is 2.40. The van der Waals surface area contributed by atoms with Crippen LogP contribution in [0.4, 0.5) is 11.5 Å². The summed E-state index contributed by atoms with van der Waals surface area (Å²) in [4.78, 5) is 24.3. The van der Waals surface area contributed by atoms with Crippen molar-refractivity contribution in [2.75, 3.05) is 49.1 Å². The fourth-order valence-corrected chi connectivity index (χ4v) is 4.75.